The Hall–Kier alpha value is -4.41. The number of allylic oxidation sites excluding steroid dienone is 3. The van der Waals surface area contributed by atoms with Gasteiger partial charge in [0, 0.05) is 62.0 Å². The van der Waals surface area contributed by atoms with Crippen LogP contribution in [0.1, 0.15) is 70.5 Å². The second kappa shape index (κ2) is 15.2. The van der Waals surface area contributed by atoms with E-state index in [2.05, 4.69) is 21.7 Å². The van der Waals surface area contributed by atoms with E-state index in [0.717, 1.165) is 11.1 Å². The highest BCUT2D eigenvalue weighted by Gasteiger charge is 2.27. The number of aromatic nitrogens is 1. The van der Waals surface area contributed by atoms with Gasteiger partial charge in [-0.2, -0.15) is 0 Å². The Morgan fingerprint density at radius 3 is 2.62 bits per heavy atom. The van der Waals surface area contributed by atoms with Gasteiger partial charge >= 0.3 is 12.1 Å². The van der Waals surface area contributed by atoms with E-state index in [4.69, 9.17) is 15.2 Å². The predicted octanol–water partition coefficient (Wildman–Crippen LogP) is 4.77. The summed E-state index contributed by atoms with van der Waals surface area (Å²) in [4.78, 5) is 47.1. The van der Waals surface area contributed by atoms with Crippen molar-refractivity contribution < 1.29 is 33.4 Å². The van der Waals surface area contributed by atoms with E-state index in [9.17, 15) is 23.9 Å². The lowest BCUT2D eigenvalue weighted by atomic mass is 9.95. The van der Waals surface area contributed by atoms with Gasteiger partial charge in [0.2, 0.25) is 5.91 Å². The first-order valence-electron chi connectivity index (χ1n) is 16.1. The Labute approximate surface area is 284 Å². The number of rotatable bonds is 9. The number of fused-ring (bicyclic) bond motifs is 1. The number of thiazole rings is 1. The van der Waals surface area contributed by atoms with Crippen molar-refractivity contribution >= 4 is 34.4 Å². The highest BCUT2D eigenvalue weighted by Crippen LogP contribution is 2.33. The number of aromatic carboxylic acids is 1. The molecule has 0 spiro atoms. The number of aryl methyl sites for hydroxylation is 1. The average Bonchev–Trinajstić information content (AvgIpc) is 3.47. The number of ether oxygens (including phenoxy) is 2. The van der Waals surface area contributed by atoms with Gasteiger partial charge in [-0.25, -0.2) is 19.0 Å². The average molecular weight is 680 g/mol. The molecule has 48 heavy (non-hydrogen) atoms. The monoisotopic (exact) mass is 679 g/mol. The molecule has 11 nitrogen and oxygen atoms in total. The summed E-state index contributed by atoms with van der Waals surface area (Å²) in [5.74, 6) is 4.23. The highest BCUT2D eigenvalue weighted by molar-refractivity contribution is 7.15. The van der Waals surface area contributed by atoms with Crippen LogP contribution in [0.4, 0.5) is 14.3 Å². The van der Waals surface area contributed by atoms with E-state index in [-0.39, 0.29) is 42.3 Å². The minimum Gasteiger partial charge on any atom is -0.491 e. The molecule has 1 unspecified atom stereocenters. The van der Waals surface area contributed by atoms with Crippen molar-refractivity contribution in [3.05, 3.63) is 69.2 Å². The van der Waals surface area contributed by atoms with Gasteiger partial charge in [-0.3, -0.25) is 9.69 Å². The molecule has 2 aliphatic heterocycles. The number of piperazine rings is 1. The van der Waals surface area contributed by atoms with Crippen molar-refractivity contribution in [2.45, 2.75) is 58.6 Å². The van der Waals surface area contributed by atoms with Crippen molar-refractivity contribution in [1.82, 2.24) is 14.8 Å². The zero-order valence-electron chi connectivity index (χ0n) is 27.6. The normalized spacial score (nSPS) is 18.2. The lowest BCUT2D eigenvalue weighted by molar-refractivity contribution is 0.0155. The molecule has 1 aliphatic carbocycles. The fraction of sp³-hybridized carbons (Fsp3) is 0.486. The molecule has 3 heterocycles. The van der Waals surface area contributed by atoms with E-state index < -0.39 is 17.5 Å². The summed E-state index contributed by atoms with van der Waals surface area (Å²) in [7, 11) is 0. The molecule has 1 fully saturated rings. The van der Waals surface area contributed by atoms with Gasteiger partial charge in [-0.15, -0.1) is 11.3 Å². The first-order chi connectivity index (χ1) is 22.9. The molecular formula is C35H42FN5O6S. The summed E-state index contributed by atoms with van der Waals surface area (Å²) in [6, 6.07) is 5.50. The lowest BCUT2D eigenvalue weighted by Gasteiger charge is -2.34. The number of carboxylic acids is 1. The molecule has 0 bridgehead atoms. The standard InChI is InChI=1S/C35H42FN5O6S/c1-35(2,3)47-34(45)40-18-16-39(17-19-40)14-5-7-23-11-12-28(27(36)21-23)46-20-6-10-29-30(32(43)44)38-33(48-29)41-15-13-24-8-4-9-25(31(37)42)26(24)22-41/h4,8-9,11-12,23H,6,10,13-22H2,1-3H3,(H2,37,42)(H,43,44). The highest BCUT2D eigenvalue weighted by atomic mass is 32.1. The molecular weight excluding hydrogens is 637 g/mol. The molecule has 1 aromatic carbocycles. The summed E-state index contributed by atoms with van der Waals surface area (Å²) < 4.78 is 26.1. The Morgan fingerprint density at radius 2 is 1.94 bits per heavy atom. The van der Waals surface area contributed by atoms with Crippen molar-refractivity contribution in [3.8, 4) is 11.8 Å². The van der Waals surface area contributed by atoms with Gasteiger partial charge in [0.15, 0.2) is 10.8 Å². The molecule has 3 aliphatic rings. The van der Waals surface area contributed by atoms with E-state index in [1.54, 1.807) is 17.0 Å². The topological polar surface area (TPSA) is 139 Å². The number of nitrogens with zero attached hydrogens (tertiary/aromatic N) is 4. The third kappa shape index (κ3) is 8.93. The van der Waals surface area contributed by atoms with Crippen LogP contribution in [0.25, 0.3) is 0 Å². The largest absolute Gasteiger partial charge is 0.491 e. The zero-order chi connectivity index (χ0) is 34.4. The maximum Gasteiger partial charge on any atom is 0.410 e. The summed E-state index contributed by atoms with van der Waals surface area (Å²) in [5, 5.41) is 10.4. The first kappa shape index (κ1) is 34.9. The minimum atomic E-state index is -1.11. The third-order valence-corrected chi connectivity index (χ3v) is 9.44. The van der Waals surface area contributed by atoms with Crippen LogP contribution in [0, 0.1) is 17.8 Å². The number of primary amides is 1. The maximum absolute atomic E-state index is 14.9. The fourth-order valence-electron chi connectivity index (χ4n) is 5.79. The smallest absolute Gasteiger partial charge is 0.410 e. The van der Waals surface area contributed by atoms with Crippen LogP contribution < -0.4 is 10.6 Å². The van der Waals surface area contributed by atoms with Gasteiger partial charge in [0.05, 0.1) is 13.2 Å². The summed E-state index contributed by atoms with van der Waals surface area (Å²) in [6.07, 6.45) is 4.86. The molecule has 1 aromatic heterocycles. The molecule has 2 amide bonds. The Balaban J connectivity index is 1.07. The first-order valence-corrected chi connectivity index (χ1v) is 17.0. The number of carbonyl (C=O) groups excluding carboxylic acids is 2. The molecule has 13 heteroatoms. The Morgan fingerprint density at radius 1 is 1.17 bits per heavy atom. The van der Waals surface area contributed by atoms with Crippen molar-refractivity contribution in [2.75, 3.05) is 50.8 Å². The van der Waals surface area contributed by atoms with Crippen LogP contribution >= 0.6 is 11.3 Å². The minimum absolute atomic E-state index is 0.00159. The maximum atomic E-state index is 14.9. The molecule has 0 saturated carbocycles. The predicted molar refractivity (Wildman–Crippen MR) is 180 cm³/mol. The molecule has 5 rings (SSSR count). The van der Waals surface area contributed by atoms with Gasteiger partial charge in [0.1, 0.15) is 17.2 Å². The van der Waals surface area contributed by atoms with Crippen LogP contribution in [-0.4, -0.2) is 89.3 Å². The number of hydrogen-bond acceptors (Lipinski definition) is 9. The lowest BCUT2D eigenvalue weighted by Crippen LogP contribution is -2.50. The summed E-state index contributed by atoms with van der Waals surface area (Å²) >= 11 is 1.31. The van der Waals surface area contributed by atoms with Gasteiger partial charge < -0.3 is 30.1 Å². The van der Waals surface area contributed by atoms with Crippen molar-refractivity contribution in [3.63, 3.8) is 0 Å². The Bertz CT molecular complexity index is 1660. The van der Waals surface area contributed by atoms with E-state index in [0.29, 0.717) is 80.6 Å². The number of benzene rings is 1. The van der Waals surface area contributed by atoms with Crippen LogP contribution in [0.15, 0.2) is 41.9 Å². The molecule has 1 saturated heterocycles. The molecule has 2 aromatic rings. The van der Waals surface area contributed by atoms with Gasteiger partial charge in [0.25, 0.3) is 0 Å². The molecule has 0 radical (unpaired) electrons. The van der Waals surface area contributed by atoms with E-state index in [1.165, 1.54) is 11.3 Å². The van der Waals surface area contributed by atoms with Crippen LogP contribution in [0.3, 0.4) is 0 Å². The van der Waals surface area contributed by atoms with Crippen molar-refractivity contribution in [2.24, 2.45) is 11.7 Å². The second-order valence-corrected chi connectivity index (χ2v) is 14.1. The quantitative estimate of drug-likeness (QED) is 0.284. The second-order valence-electron chi connectivity index (χ2n) is 13.0. The zero-order valence-corrected chi connectivity index (χ0v) is 28.4. The number of hydrogen-bond donors (Lipinski definition) is 2. The number of anilines is 1. The number of carboxylic acid groups (broad SMARTS) is 1. The fourth-order valence-corrected chi connectivity index (χ4v) is 6.90. The number of amides is 2. The molecule has 256 valence electrons. The van der Waals surface area contributed by atoms with Gasteiger partial charge in [-0.05, 0) is 63.3 Å². The van der Waals surface area contributed by atoms with Crippen molar-refractivity contribution in [1.29, 1.82) is 0 Å². The number of halogens is 1. The van der Waals surface area contributed by atoms with Crippen LogP contribution in [0.2, 0.25) is 0 Å². The molecule has 3 N–H and O–H groups in total. The molecule has 1 atom stereocenters. The van der Waals surface area contributed by atoms with E-state index >= 15 is 0 Å². The van der Waals surface area contributed by atoms with Gasteiger partial charge in [-0.1, -0.05) is 30.0 Å². The van der Waals surface area contributed by atoms with E-state index in [1.807, 2.05) is 43.9 Å². The summed E-state index contributed by atoms with van der Waals surface area (Å²) in [6.45, 7) is 9.91. The third-order valence-electron chi connectivity index (χ3n) is 8.26. The summed E-state index contributed by atoms with van der Waals surface area (Å²) in [5.41, 5.74) is 7.42. The van der Waals surface area contributed by atoms with Crippen LogP contribution in [0.5, 0.6) is 0 Å². The van der Waals surface area contributed by atoms with Crippen LogP contribution in [-0.2, 0) is 28.9 Å². The number of carbonyl (C=O) groups is 3. The SMILES string of the molecule is CC(C)(C)OC(=O)N1CCN(CC#CC2C=CC(OCCCc3sc(N4CCc5cccc(C(N)=O)c5C4)nc3C(=O)O)=C(F)C2)CC1. The number of nitrogens with two attached hydrogens (primary N) is 1. The Kier molecular flexibility index (Phi) is 11.1.